The van der Waals surface area contributed by atoms with Crippen molar-refractivity contribution in [3.8, 4) is 0 Å². The molecule has 1 aliphatic rings. The molecule has 1 aromatic carbocycles. The van der Waals surface area contributed by atoms with Crippen LogP contribution in [0.4, 0.5) is 5.69 Å². The van der Waals surface area contributed by atoms with Crippen molar-refractivity contribution in [3.05, 3.63) is 29.3 Å². The smallest absolute Gasteiger partial charge is 0.0546 e. The van der Waals surface area contributed by atoms with Crippen LogP contribution in [0.5, 0.6) is 0 Å². The largest absolute Gasteiger partial charge is 0.367 e. The molecule has 1 aliphatic carbocycles. The van der Waals surface area contributed by atoms with Crippen LogP contribution in [0.2, 0.25) is 0 Å². The molecule has 2 heteroatoms. The summed E-state index contributed by atoms with van der Waals surface area (Å²) in [5, 5.41) is 0. The van der Waals surface area contributed by atoms with Crippen LogP contribution in [-0.4, -0.2) is 19.1 Å². The van der Waals surface area contributed by atoms with Gasteiger partial charge in [-0.15, -0.1) is 0 Å². The van der Waals surface area contributed by atoms with E-state index in [0.29, 0.717) is 0 Å². The highest BCUT2D eigenvalue weighted by atomic mass is 15.2. The standard InChI is InChI=1S/C16H26N2/c1-5-16(11-17,14-7-8-14)18(4)15-9-6-12(2)10-13(15)3/h6,9-10,14H,5,7-8,11,17H2,1-4H3. The average molecular weight is 246 g/mol. The fraction of sp³-hybridized carbons (Fsp3) is 0.625. The van der Waals surface area contributed by atoms with Gasteiger partial charge in [0.2, 0.25) is 0 Å². The van der Waals surface area contributed by atoms with Crippen LogP contribution in [0, 0.1) is 19.8 Å². The molecule has 0 saturated heterocycles. The maximum Gasteiger partial charge on any atom is 0.0546 e. The Kier molecular flexibility index (Phi) is 3.67. The number of nitrogens with two attached hydrogens (primary N) is 1. The van der Waals surface area contributed by atoms with Gasteiger partial charge >= 0.3 is 0 Å². The van der Waals surface area contributed by atoms with Gasteiger partial charge in [0.15, 0.2) is 0 Å². The van der Waals surface area contributed by atoms with E-state index in [2.05, 4.69) is 50.9 Å². The van der Waals surface area contributed by atoms with Crippen molar-refractivity contribution in [1.29, 1.82) is 0 Å². The molecule has 2 rings (SSSR count). The molecule has 1 atom stereocenters. The van der Waals surface area contributed by atoms with Crippen molar-refractivity contribution in [2.45, 2.75) is 45.6 Å². The van der Waals surface area contributed by atoms with Gasteiger partial charge in [-0.3, -0.25) is 0 Å². The van der Waals surface area contributed by atoms with Gasteiger partial charge in [-0.2, -0.15) is 0 Å². The lowest BCUT2D eigenvalue weighted by Gasteiger charge is -2.43. The first-order chi connectivity index (χ1) is 8.55. The van der Waals surface area contributed by atoms with E-state index in [1.54, 1.807) is 0 Å². The summed E-state index contributed by atoms with van der Waals surface area (Å²) in [5.41, 5.74) is 10.3. The van der Waals surface area contributed by atoms with Crippen LogP contribution in [0.1, 0.15) is 37.3 Å². The summed E-state index contributed by atoms with van der Waals surface area (Å²) in [7, 11) is 2.21. The molecule has 0 aliphatic heterocycles. The topological polar surface area (TPSA) is 29.3 Å². The lowest BCUT2D eigenvalue weighted by atomic mass is 9.87. The molecule has 0 bridgehead atoms. The Morgan fingerprint density at radius 1 is 1.33 bits per heavy atom. The number of nitrogens with zero attached hydrogens (tertiary/aromatic N) is 1. The van der Waals surface area contributed by atoms with Crippen molar-refractivity contribution in [3.63, 3.8) is 0 Å². The van der Waals surface area contributed by atoms with Gasteiger partial charge in [0.05, 0.1) is 5.54 Å². The second-order valence-electron chi connectivity index (χ2n) is 5.78. The minimum atomic E-state index is 0.153. The summed E-state index contributed by atoms with van der Waals surface area (Å²) >= 11 is 0. The van der Waals surface area contributed by atoms with Crippen molar-refractivity contribution in [1.82, 2.24) is 0 Å². The van der Waals surface area contributed by atoms with Gasteiger partial charge in [-0.25, -0.2) is 0 Å². The van der Waals surface area contributed by atoms with Gasteiger partial charge in [0.25, 0.3) is 0 Å². The van der Waals surface area contributed by atoms with Crippen LogP contribution in [0.3, 0.4) is 0 Å². The molecule has 0 radical (unpaired) electrons. The lowest BCUT2D eigenvalue weighted by molar-refractivity contribution is 0.348. The van der Waals surface area contributed by atoms with E-state index in [4.69, 9.17) is 5.73 Å². The number of benzene rings is 1. The fourth-order valence-electron chi connectivity index (χ4n) is 3.29. The second kappa shape index (κ2) is 4.93. The zero-order valence-electron chi connectivity index (χ0n) is 12.2. The first kappa shape index (κ1) is 13.4. The van der Waals surface area contributed by atoms with Crippen LogP contribution < -0.4 is 10.6 Å². The van der Waals surface area contributed by atoms with Gasteiger partial charge in [0.1, 0.15) is 0 Å². The zero-order valence-corrected chi connectivity index (χ0v) is 12.2. The molecule has 0 amide bonds. The summed E-state index contributed by atoms with van der Waals surface area (Å²) in [6.07, 6.45) is 3.79. The minimum absolute atomic E-state index is 0.153. The highest BCUT2D eigenvalue weighted by molar-refractivity contribution is 5.56. The third kappa shape index (κ3) is 2.14. The molecular weight excluding hydrogens is 220 g/mol. The van der Waals surface area contributed by atoms with E-state index in [0.717, 1.165) is 18.9 Å². The van der Waals surface area contributed by atoms with Crippen LogP contribution in [0.25, 0.3) is 0 Å². The SMILES string of the molecule is CCC(CN)(C1CC1)N(C)c1ccc(C)cc1C. The van der Waals surface area contributed by atoms with Crippen molar-refractivity contribution >= 4 is 5.69 Å². The molecule has 0 heterocycles. The first-order valence-corrected chi connectivity index (χ1v) is 7.06. The van der Waals surface area contributed by atoms with Crippen molar-refractivity contribution in [2.24, 2.45) is 11.7 Å². The Labute approximate surface area is 111 Å². The molecular formula is C16H26N2. The quantitative estimate of drug-likeness (QED) is 0.864. The van der Waals surface area contributed by atoms with E-state index in [1.165, 1.54) is 29.7 Å². The van der Waals surface area contributed by atoms with Gasteiger partial charge in [-0.1, -0.05) is 24.6 Å². The third-order valence-corrected chi connectivity index (χ3v) is 4.68. The Bertz CT molecular complexity index is 417. The van der Waals surface area contributed by atoms with Crippen molar-refractivity contribution in [2.75, 3.05) is 18.5 Å². The predicted octanol–water partition coefficient (Wildman–Crippen LogP) is 3.26. The predicted molar refractivity (Wildman–Crippen MR) is 79.1 cm³/mol. The summed E-state index contributed by atoms with van der Waals surface area (Å²) in [4.78, 5) is 2.44. The molecule has 1 unspecified atom stereocenters. The average Bonchev–Trinajstić information content (AvgIpc) is 3.16. The molecule has 1 saturated carbocycles. The van der Waals surface area contributed by atoms with Gasteiger partial charge < -0.3 is 10.6 Å². The maximum atomic E-state index is 6.14. The minimum Gasteiger partial charge on any atom is -0.367 e. The number of rotatable bonds is 5. The summed E-state index contributed by atoms with van der Waals surface area (Å²) in [6.45, 7) is 7.36. The Morgan fingerprint density at radius 3 is 2.44 bits per heavy atom. The summed E-state index contributed by atoms with van der Waals surface area (Å²) in [5.74, 6) is 0.776. The normalized spacial score (nSPS) is 18.5. The van der Waals surface area contributed by atoms with E-state index < -0.39 is 0 Å². The van der Waals surface area contributed by atoms with Crippen LogP contribution >= 0.6 is 0 Å². The van der Waals surface area contributed by atoms with Crippen LogP contribution in [-0.2, 0) is 0 Å². The van der Waals surface area contributed by atoms with Crippen LogP contribution in [0.15, 0.2) is 18.2 Å². The molecule has 0 spiro atoms. The molecule has 1 fully saturated rings. The first-order valence-electron chi connectivity index (χ1n) is 7.06. The highest BCUT2D eigenvalue weighted by Gasteiger charge is 2.46. The molecule has 0 aromatic heterocycles. The number of anilines is 1. The van der Waals surface area contributed by atoms with E-state index in [1.807, 2.05) is 0 Å². The van der Waals surface area contributed by atoms with Gasteiger partial charge in [0, 0.05) is 19.3 Å². The van der Waals surface area contributed by atoms with Gasteiger partial charge in [-0.05, 0) is 50.7 Å². The molecule has 2 N–H and O–H groups in total. The molecule has 100 valence electrons. The Morgan fingerprint density at radius 2 is 2.00 bits per heavy atom. The Hall–Kier alpha value is -1.02. The number of aryl methyl sites for hydroxylation is 2. The monoisotopic (exact) mass is 246 g/mol. The molecule has 1 aromatic rings. The third-order valence-electron chi connectivity index (χ3n) is 4.68. The second-order valence-corrected chi connectivity index (χ2v) is 5.78. The highest BCUT2D eigenvalue weighted by Crippen LogP contribution is 2.46. The Balaban J connectivity index is 2.36. The lowest BCUT2D eigenvalue weighted by Crippen LogP contribution is -2.54. The molecule has 18 heavy (non-hydrogen) atoms. The number of hydrogen-bond donors (Lipinski definition) is 1. The van der Waals surface area contributed by atoms with Crippen molar-refractivity contribution < 1.29 is 0 Å². The zero-order chi connectivity index (χ0) is 13.3. The summed E-state index contributed by atoms with van der Waals surface area (Å²) in [6, 6.07) is 6.70. The number of hydrogen-bond acceptors (Lipinski definition) is 2. The van der Waals surface area contributed by atoms with E-state index >= 15 is 0 Å². The number of likely N-dealkylation sites (N-methyl/N-ethyl adjacent to an activating group) is 1. The maximum absolute atomic E-state index is 6.14. The van der Waals surface area contributed by atoms with E-state index in [9.17, 15) is 0 Å². The fourth-order valence-corrected chi connectivity index (χ4v) is 3.29. The molecule has 2 nitrogen and oxygen atoms in total. The summed E-state index contributed by atoms with van der Waals surface area (Å²) < 4.78 is 0. The van der Waals surface area contributed by atoms with E-state index in [-0.39, 0.29) is 5.54 Å².